The third kappa shape index (κ3) is 3.69. The van der Waals surface area contributed by atoms with Crippen molar-refractivity contribution in [2.75, 3.05) is 11.9 Å². The number of carbonyl (C=O) groups is 1. The van der Waals surface area contributed by atoms with Crippen LogP contribution in [0.2, 0.25) is 0 Å². The minimum Gasteiger partial charge on any atom is -0.484 e. The molecule has 0 saturated heterocycles. The number of nitrogens with one attached hydrogen (secondary N) is 1. The van der Waals surface area contributed by atoms with Crippen LogP contribution >= 0.6 is 0 Å². The van der Waals surface area contributed by atoms with Gasteiger partial charge in [-0.25, -0.2) is 4.98 Å². The molecular weight excluding hydrogens is 292 g/mol. The molecule has 0 aliphatic carbocycles. The summed E-state index contributed by atoms with van der Waals surface area (Å²) in [5.41, 5.74) is 3.32. The zero-order valence-electron chi connectivity index (χ0n) is 13.1. The first-order valence-corrected chi connectivity index (χ1v) is 7.53. The quantitative estimate of drug-likeness (QED) is 0.780. The van der Waals surface area contributed by atoms with Gasteiger partial charge in [0.25, 0.3) is 5.91 Å². The van der Waals surface area contributed by atoms with Gasteiger partial charge in [-0.05, 0) is 42.3 Å². The van der Waals surface area contributed by atoms with Crippen LogP contribution < -0.4 is 10.1 Å². The molecule has 0 atom stereocenters. The van der Waals surface area contributed by atoms with Crippen LogP contribution in [0.25, 0.3) is 11.1 Å². The van der Waals surface area contributed by atoms with E-state index in [4.69, 9.17) is 9.15 Å². The van der Waals surface area contributed by atoms with E-state index in [1.807, 2.05) is 24.3 Å². The molecule has 1 amide bonds. The SMILES string of the molecule is CCc1ccc(OCC(=O)Nc2ccc3oc(C)nc3c2)cc1. The Bertz CT molecular complexity index is 822. The maximum absolute atomic E-state index is 12.0. The van der Waals surface area contributed by atoms with Gasteiger partial charge < -0.3 is 14.5 Å². The molecule has 118 valence electrons. The van der Waals surface area contributed by atoms with Crippen molar-refractivity contribution in [1.82, 2.24) is 4.98 Å². The van der Waals surface area contributed by atoms with Crippen LogP contribution in [0.3, 0.4) is 0 Å². The Morgan fingerprint density at radius 3 is 2.74 bits per heavy atom. The number of hydrogen-bond donors (Lipinski definition) is 1. The molecule has 0 fully saturated rings. The number of fused-ring (bicyclic) bond motifs is 1. The van der Waals surface area contributed by atoms with Crippen molar-refractivity contribution < 1.29 is 13.9 Å². The molecule has 0 radical (unpaired) electrons. The van der Waals surface area contributed by atoms with Crippen LogP contribution in [-0.2, 0) is 11.2 Å². The summed E-state index contributed by atoms with van der Waals surface area (Å²) in [6.07, 6.45) is 0.977. The summed E-state index contributed by atoms with van der Waals surface area (Å²) < 4.78 is 10.9. The van der Waals surface area contributed by atoms with Crippen molar-refractivity contribution in [1.29, 1.82) is 0 Å². The van der Waals surface area contributed by atoms with Gasteiger partial charge in [0, 0.05) is 12.6 Å². The Labute approximate surface area is 134 Å². The molecule has 0 bridgehead atoms. The van der Waals surface area contributed by atoms with Gasteiger partial charge in [0.15, 0.2) is 18.1 Å². The van der Waals surface area contributed by atoms with Gasteiger partial charge in [-0.1, -0.05) is 19.1 Å². The average molecular weight is 310 g/mol. The highest BCUT2D eigenvalue weighted by molar-refractivity contribution is 5.93. The highest BCUT2D eigenvalue weighted by atomic mass is 16.5. The molecule has 0 spiro atoms. The predicted molar refractivity (Wildman–Crippen MR) is 88.7 cm³/mol. The number of hydrogen-bond acceptors (Lipinski definition) is 4. The average Bonchev–Trinajstić information content (AvgIpc) is 2.92. The van der Waals surface area contributed by atoms with E-state index in [1.165, 1.54) is 5.56 Å². The van der Waals surface area contributed by atoms with E-state index in [-0.39, 0.29) is 12.5 Å². The van der Waals surface area contributed by atoms with Crippen molar-refractivity contribution >= 4 is 22.7 Å². The number of rotatable bonds is 5. The van der Waals surface area contributed by atoms with E-state index in [0.29, 0.717) is 22.9 Å². The van der Waals surface area contributed by atoms with Gasteiger partial charge in [0.1, 0.15) is 11.3 Å². The number of nitrogens with zero attached hydrogens (tertiary/aromatic N) is 1. The number of anilines is 1. The number of aryl methyl sites for hydroxylation is 2. The molecule has 2 aromatic carbocycles. The first kappa shape index (κ1) is 15.1. The van der Waals surface area contributed by atoms with Gasteiger partial charge in [-0.15, -0.1) is 0 Å². The molecular formula is C18H18N2O3. The largest absolute Gasteiger partial charge is 0.484 e. The van der Waals surface area contributed by atoms with Gasteiger partial charge in [0.2, 0.25) is 0 Å². The van der Waals surface area contributed by atoms with Crippen LogP contribution in [0.1, 0.15) is 18.4 Å². The summed E-state index contributed by atoms with van der Waals surface area (Å²) in [7, 11) is 0. The Morgan fingerprint density at radius 1 is 1.22 bits per heavy atom. The maximum Gasteiger partial charge on any atom is 0.262 e. The van der Waals surface area contributed by atoms with Crippen LogP contribution in [0, 0.1) is 6.92 Å². The first-order chi connectivity index (χ1) is 11.1. The molecule has 0 saturated carbocycles. The summed E-state index contributed by atoms with van der Waals surface area (Å²) in [6, 6.07) is 13.1. The summed E-state index contributed by atoms with van der Waals surface area (Å²) >= 11 is 0. The molecule has 0 unspecified atom stereocenters. The fourth-order valence-electron chi connectivity index (χ4n) is 2.29. The Morgan fingerprint density at radius 2 is 2.00 bits per heavy atom. The minimum atomic E-state index is -0.218. The highest BCUT2D eigenvalue weighted by Gasteiger charge is 2.07. The summed E-state index contributed by atoms with van der Waals surface area (Å²) in [6.45, 7) is 3.84. The van der Waals surface area contributed by atoms with Gasteiger partial charge in [-0.2, -0.15) is 0 Å². The topological polar surface area (TPSA) is 64.4 Å². The van der Waals surface area contributed by atoms with E-state index in [2.05, 4.69) is 17.2 Å². The fourth-order valence-corrected chi connectivity index (χ4v) is 2.29. The van der Waals surface area contributed by atoms with Crippen molar-refractivity contribution in [3.63, 3.8) is 0 Å². The van der Waals surface area contributed by atoms with Crippen molar-refractivity contribution in [2.45, 2.75) is 20.3 Å². The van der Waals surface area contributed by atoms with Crippen LogP contribution in [0.4, 0.5) is 5.69 Å². The Kier molecular flexibility index (Phi) is 4.28. The zero-order chi connectivity index (χ0) is 16.2. The maximum atomic E-state index is 12.0. The molecule has 5 heteroatoms. The zero-order valence-corrected chi connectivity index (χ0v) is 13.1. The van der Waals surface area contributed by atoms with E-state index in [9.17, 15) is 4.79 Å². The second kappa shape index (κ2) is 6.52. The first-order valence-electron chi connectivity index (χ1n) is 7.53. The lowest BCUT2D eigenvalue weighted by molar-refractivity contribution is -0.118. The van der Waals surface area contributed by atoms with Gasteiger partial charge in [0.05, 0.1) is 0 Å². The van der Waals surface area contributed by atoms with E-state index in [0.717, 1.165) is 11.9 Å². The molecule has 3 rings (SSSR count). The highest BCUT2D eigenvalue weighted by Crippen LogP contribution is 2.19. The number of carbonyl (C=O) groups excluding carboxylic acids is 1. The third-order valence-electron chi connectivity index (χ3n) is 3.48. The molecule has 0 aliphatic heterocycles. The number of oxazole rings is 1. The van der Waals surface area contributed by atoms with E-state index in [1.54, 1.807) is 25.1 Å². The molecule has 23 heavy (non-hydrogen) atoms. The lowest BCUT2D eigenvalue weighted by Crippen LogP contribution is -2.20. The number of ether oxygens (including phenoxy) is 1. The second-order valence-electron chi connectivity index (χ2n) is 5.25. The van der Waals surface area contributed by atoms with E-state index < -0.39 is 0 Å². The summed E-state index contributed by atoms with van der Waals surface area (Å²) in [5, 5.41) is 2.79. The van der Waals surface area contributed by atoms with Crippen molar-refractivity contribution in [3.05, 3.63) is 53.9 Å². The number of amides is 1. The lowest BCUT2D eigenvalue weighted by Gasteiger charge is -2.08. The summed E-state index contributed by atoms with van der Waals surface area (Å²) in [5.74, 6) is 1.06. The second-order valence-corrected chi connectivity index (χ2v) is 5.25. The molecule has 3 aromatic rings. The minimum absolute atomic E-state index is 0.0403. The smallest absolute Gasteiger partial charge is 0.262 e. The molecule has 0 aliphatic rings. The van der Waals surface area contributed by atoms with Crippen molar-refractivity contribution in [3.8, 4) is 5.75 Å². The lowest BCUT2D eigenvalue weighted by atomic mass is 10.2. The molecule has 1 N–H and O–H groups in total. The fraction of sp³-hybridized carbons (Fsp3) is 0.222. The Balaban J connectivity index is 1.59. The number of benzene rings is 2. The monoisotopic (exact) mass is 310 g/mol. The van der Waals surface area contributed by atoms with Crippen LogP contribution in [0.5, 0.6) is 5.75 Å². The number of aromatic nitrogens is 1. The predicted octanol–water partition coefficient (Wildman–Crippen LogP) is 3.72. The van der Waals surface area contributed by atoms with E-state index >= 15 is 0 Å². The summed E-state index contributed by atoms with van der Waals surface area (Å²) in [4.78, 5) is 16.2. The molecule has 5 nitrogen and oxygen atoms in total. The van der Waals surface area contributed by atoms with Crippen LogP contribution in [0.15, 0.2) is 46.9 Å². The normalized spacial score (nSPS) is 10.7. The standard InChI is InChI=1S/C18H18N2O3/c1-3-13-4-7-15(8-5-13)22-11-18(21)20-14-6-9-17-16(10-14)19-12(2)23-17/h4-10H,3,11H2,1-2H3,(H,20,21). The molecule has 1 aromatic heterocycles. The van der Waals surface area contributed by atoms with Gasteiger partial charge in [-0.3, -0.25) is 4.79 Å². The molecule has 1 heterocycles. The Hall–Kier alpha value is -2.82. The van der Waals surface area contributed by atoms with Crippen molar-refractivity contribution in [2.24, 2.45) is 0 Å². The third-order valence-corrected chi connectivity index (χ3v) is 3.48. The van der Waals surface area contributed by atoms with Gasteiger partial charge >= 0.3 is 0 Å². The van der Waals surface area contributed by atoms with Crippen LogP contribution in [-0.4, -0.2) is 17.5 Å².